The first-order valence-corrected chi connectivity index (χ1v) is 9.33. The minimum absolute atomic E-state index is 0.00410. The Labute approximate surface area is 167 Å². The predicted octanol–water partition coefficient (Wildman–Crippen LogP) is 2.40. The molecule has 2 aromatic rings. The number of carbonyl (C=O) groups is 2. The number of aliphatic hydroxyl groups is 1. The van der Waals surface area contributed by atoms with Crippen LogP contribution in [0.3, 0.4) is 0 Å². The summed E-state index contributed by atoms with van der Waals surface area (Å²) in [6, 6.07) is 10.7. The molecular formula is C22H21NO6. The molecule has 1 atom stereocenters. The van der Waals surface area contributed by atoms with Crippen molar-refractivity contribution in [2.45, 2.75) is 12.5 Å². The number of benzene rings is 2. The van der Waals surface area contributed by atoms with Crippen molar-refractivity contribution < 1.29 is 29.3 Å². The van der Waals surface area contributed by atoms with Crippen molar-refractivity contribution in [2.24, 2.45) is 0 Å². The molecule has 7 nitrogen and oxygen atoms in total. The summed E-state index contributed by atoms with van der Waals surface area (Å²) in [6.07, 6.45) is 0.717. The first kappa shape index (κ1) is 19.0. The molecule has 4 rings (SSSR count). The Balaban J connectivity index is 1.85. The number of phenols is 1. The Kier molecular flexibility index (Phi) is 4.98. The Hall–Kier alpha value is -3.32. The fourth-order valence-electron chi connectivity index (χ4n) is 3.83. The lowest BCUT2D eigenvalue weighted by atomic mass is 9.94. The maximum atomic E-state index is 12.9. The molecule has 29 heavy (non-hydrogen) atoms. The van der Waals surface area contributed by atoms with E-state index >= 15 is 0 Å². The van der Waals surface area contributed by atoms with E-state index < -0.39 is 17.7 Å². The zero-order chi connectivity index (χ0) is 20.5. The van der Waals surface area contributed by atoms with E-state index in [1.54, 1.807) is 30.3 Å². The smallest absolute Gasteiger partial charge is 0.295 e. The normalized spacial score (nSPS) is 20.0. The van der Waals surface area contributed by atoms with Crippen LogP contribution >= 0.6 is 0 Å². The fourth-order valence-corrected chi connectivity index (χ4v) is 3.83. The molecule has 0 aliphatic carbocycles. The number of ketones is 1. The first-order valence-electron chi connectivity index (χ1n) is 9.33. The quantitative estimate of drug-likeness (QED) is 0.459. The summed E-state index contributed by atoms with van der Waals surface area (Å²) in [4.78, 5) is 26.9. The van der Waals surface area contributed by atoms with Gasteiger partial charge in [-0.3, -0.25) is 9.59 Å². The Morgan fingerprint density at radius 2 is 2.07 bits per heavy atom. The monoisotopic (exact) mass is 395 g/mol. The van der Waals surface area contributed by atoms with E-state index in [-0.39, 0.29) is 30.2 Å². The average molecular weight is 395 g/mol. The maximum Gasteiger partial charge on any atom is 0.295 e. The van der Waals surface area contributed by atoms with Gasteiger partial charge in [0, 0.05) is 25.6 Å². The number of carbonyl (C=O) groups excluding carboxylic acids is 2. The molecule has 150 valence electrons. The van der Waals surface area contributed by atoms with Crippen molar-refractivity contribution in [3.8, 4) is 11.5 Å². The van der Waals surface area contributed by atoms with Crippen molar-refractivity contribution in [3.05, 3.63) is 64.7 Å². The van der Waals surface area contributed by atoms with E-state index in [2.05, 4.69) is 0 Å². The molecule has 0 aromatic heterocycles. The Morgan fingerprint density at radius 3 is 2.83 bits per heavy atom. The standard InChI is InChI=1S/C22H21NO6/c1-28-10-8-23-19(14-3-2-4-16(24)12-14)18(21(26)22(23)27)20(25)15-5-6-17-13(11-15)7-9-29-17/h2-6,11-12,19,24-25H,7-10H2,1H3/b20-18-. The highest BCUT2D eigenvalue weighted by Crippen LogP contribution is 2.40. The lowest BCUT2D eigenvalue weighted by molar-refractivity contribution is -0.140. The van der Waals surface area contributed by atoms with Gasteiger partial charge in [0.1, 0.15) is 17.3 Å². The number of aliphatic hydroxyl groups excluding tert-OH is 1. The minimum atomic E-state index is -0.818. The number of phenolic OH excluding ortho intramolecular Hbond substituents is 1. The van der Waals surface area contributed by atoms with Gasteiger partial charge in [-0.05, 0) is 41.5 Å². The number of Topliss-reactive ketones (excluding diaryl/α,β-unsaturated/α-hetero) is 1. The third-order valence-electron chi connectivity index (χ3n) is 5.23. The van der Waals surface area contributed by atoms with E-state index in [0.29, 0.717) is 24.2 Å². The summed E-state index contributed by atoms with van der Waals surface area (Å²) >= 11 is 0. The van der Waals surface area contributed by atoms with Gasteiger partial charge in [0.2, 0.25) is 0 Å². The fraction of sp³-hybridized carbons (Fsp3) is 0.273. The van der Waals surface area contributed by atoms with Gasteiger partial charge in [-0.2, -0.15) is 0 Å². The number of likely N-dealkylation sites (tertiary alicyclic amines) is 1. The second-order valence-electron chi connectivity index (χ2n) is 7.00. The highest BCUT2D eigenvalue weighted by Gasteiger charge is 2.46. The number of aromatic hydroxyl groups is 1. The summed E-state index contributed by atoms with van der Waals surface area (Å²) in [7, 11) is 1.51. The van der Waals surface area contributed by atoms with Gasteiger partial charge in [0.25, 0.3) is 11.7 Å². The van der Waals surface area contributed by atoms with Crippen LogP contribution in [0.2, 0.25) is 0 Å². The van der Waals surface area contributed by atoms with Crippen LogP contribution in [-0.2, 0) is 20.7 Å². The summed E-state index contributed by atoms with van der Waals surface area (Å²) in [5, 5.41) is 20.9. The number of fused-ring (bicyclic) bond motifs is 1. The van der Waals surface area contributed by atoms with Crippen LogP contribution in [0.15, 0.2) is 48.0 Å². The molecule has 1 fully saturated rings. The molecule has 0 spiro atoms. The molecule has 2 heterocycles. The average Bonchev–Trinajstić information content (AvgIpc) is 3.28. The first-order chi connectivity index (χ1) is 14.0. The molecule has 1 amide bonds. The van der Waals surface area contributed by atoms with E-state index in [9.17, 15) is 19.8 Å². The van der Waals surface area contributed by atoms with E-state index in [1.807, 2.05) is 0 Å². The topological polar surface area (TPSA) is 96.3 Å². The number of hydrogen-bond donors (Lipinski definition) is 2. The minimum Gasteiger partial charge on any atom is -0.508 e. The van der Waals surface area contributed by atoms with Gasteiger partial charge < -0.3 is 24.6 Å². The molecule has 7 heteroatoms. The van der Waals surface area contributed by atoms with Crippen molar-refractivity contribution in [3.63, 3.8) is 0 Å². The third kappa shape index (κ3) is 3.34. The number of nitrogens with zero attached hydrogens (tertiary/aromatic N) is 1. The molecule has 2 aromatic carbocycles. The van der Waals surface area contributed by atoms with Crippen LogP contribution in [0.4, 0.5) is 0 Å². The highest BCUT2D eigenvalue weighted by molar-refractivity contribution is 6.46. The number of rotatable bonds is 5. The van der Waals surface area contributed by atoms with Crippen molar-refractivity contribution in [1.82, 2.24) is 4.90 Å². The molecule has 0 saturated carbocycles. The van der Waals surface area contributed by atoms with Gasteiger partial charge >= 0.3 is 0 Å². The molecule has 2 N–H and O–H groups in total. The van der Waals surface area contributed by atoms with Crippen LogP contribution in [0.5, 0.6) is 11.5 Å². The van der Waals surface area contributed by atoms with E-state index in [0.717, 1.165) is 11.3 Å². The van der Waals surface area contributed by atoms with Gasteiger partial charge in [-0.25, -0.2) is 0 Å². The van der Waals surface area contributed by atoms with Gasteiger partial charge in [0.05, 0.1) is 24.8 Å². The highest BCUT2D eigenvalue weighted by atomic mass is 16.5. The summed E-state index contributed by atoms with van der Waals surface area (Å²) in [5.74, 6) is -0.947. The molecule has 0 radical (unpaired) electrons. The number of ether oxygens (including phenoxy) is 2. The zero-order valence-electron chi connectivity index (χ0n) is 15.9. The van der Waals surface area contributed by atoms with Crippen LogP contribution in [-0.4, -0.2) is 53.7 Å². The predicted molar refractivity (Wildman–Crippen MR) is 105 cm³/mol. The van der Waals surface area contributed by atoms with Crippen LogP contribution < -0.4 is 4.74 Å². The lowest BCUT2D eigenvalue weighted by Crippen LogP contribution is -2.32. The van der Waals surface area contributed by atoms with Crippen LogP contribution in [0.1, 0.15) is 22.7 Å². The molecular weight excluding hydrogens is 374 g/mol. The van der Waals surface area contributed by atoms with Gasteiger partial charge in [-0.1, -0.05) is 12.1 Å². The van der Waals surface area contributed by atoms with Crippen molar-refractivity contribution in [1.29, 1.82) is 0 Å². The number of hydrogen-bond acceptors (Lipinski definition) is 6. The second kappa shape index (κ2) is 7.60. The number of methoxy groups -OCH3 is 1. The largest absolute Gasteiger partial charge is 0.508 e. The van der Waals surface area contributed by atoms with Crippen LogP contribution in [0.25, 0.3) is 5.76 Å². The van der Waals surface area contributed by atoms with E-state index in [1.165, 1.54) is 24.1 Å². The third-order valence-corrected chi connectivity index (χ3v) is 5.23. The molecule has 0 bridgehead atoms. The van der Waals surface area contributed by atoms with Crippen molar-refractivity contribution in [2.75, 3.05) is 26.9 Å². The summed E-state index contributed by atoms with van der Waals surface area (Å²) in [5.41, 5.74) is 1.92. The SMILES string of the molecule is COCCN1C(=O)C(=O)/C(=C(\O)c2ccc3c(c2)CCO3)C1c1cccc(O)c1. The lowest BCUT2D eigenvalue weighted by Gasteiger charge is -2.25. The Bertz CT molecular complexity index is 1010. The number of amides is 1. The molecule has 1 unspecified atom stereocenters. The maximum absolute atomic E-state index is 12.9. The van der Waals surface area contributed by atoms with Crippen LogP contribution in [0, 0.1) is 0 Å². The van der Waals surface area contributed by atoms with Gasteiger partial charge in [-0.15, -0.1) is 0 Å². The zero-order valence-corrected chi connectivity index (χ0v) is 15.9. The van der Waals surface area contributed by atoms with Crippen molar-refractivity contribution >= 4 is 17.4 Å². The summed E-state index contributed by atoms with van der Waals surface area (Å²) in [6.45, 7) is 0.985. The van der Waals surface area contributed by atoms with Gasteiger partial charge in [0.15, 0.2) is 0 Å². The van der Waals surface area contributed by atoms with E-state index in [4.69, 9.17) is 9.47 Å². The second-order valence-corrected chi connectivity index (χ2v) is 7.00. The summed E-state index contributed by atoms with van der Waals surface area (Å²) < 4.78 is 10.6. The molecule has 2 aliphatic heterocycles. The molecule has 2 aliphatic rings. The Morgan fingerprint density at radius 1 is 1.24 bits per heavy atom. The molecule has 1 saturated heterocycles.